The Morgan fingerprint density at radius 2 is 2.06 bits per heavy atom. The van der Waals surface area contributed by atoms with Crippen LogP contribution in [0.5, 0.6) is 0 Å². The number of hydrogen-bond acceptors (Lipinski definition) is 7. The van der Waals surface area contributed by atoms with Crippen molar-refractivity contribution in [3.05, 3.63) is 41.7 Å². The van der Waals surface area contributed by atoms with Crippen molar-refractivity contribution in [2.75, 3.05) is 13.2 Å². The molecule has 0 bridgehead atoms. The molecule has 1 aromatic heterocycles. The van der Waals surface area contributed by atoms with Gasteiger partial charge in [0.05, 0.1) is 29.2 Å². The molecule has 1 spiro atoms. The number of nitrogens with one attached hydrogen (secondary N) is 1. The van der Waals surface area contributed by atoms with Gasteiger partial charge in [0, 0.05) is 26.3 Å². The lowest BCUT2D eigenvalue weighted by atomic mass is 9.73. The number of aromatic nitrogens is 2. The summed E-state index contributed by atoms with van der Waals surface area (Å²) < 4.78 is 5.45. The minimum atomic E-state index is -0.117. The molecule has 32 heavy (non-hydrogen) atoms. The van der Waals surface area contributed by atoms with E-state index in [-0.39, 0.29) is 12.9 Å². The summed E-state index contributed by atoms with van der Waals surface area (Å²) in [4.78, 5) is 26.7. The van der Waals surface area contributed by atoms with Crippen molar-refractivity contribution in [1.29, 1.82) is 0 Å². The molecule has 3 heterocycles. The molecule has 4 rings (SSSR count). The number of nitrogens with zero attached hydrogens (tertiary/aromatic N) is 5. The number of rotatable bonds is 5. The highest BCUT2D eigenvalue weighted by molar-refractivity contribution is 5.87. The lowest BCUT2D eigenvalue weighted by molar-refractivity contribution is -0.136. The first kappa shape index (κ1) is 23.6. The number of ether oxygens (including phenoxy) is 1. The fourth-order valence-electron chi connectivity index (χ4n) is 4.35. The van der Waals surface area contributed by atoms with Crippen LogP contribution in [-0.2, 0) is 9.53 Å². The van der Waals surface area contributed by atoms with Gasteiger partial charge in [-0.2, -0.15) is 5.10 Å². The molecule has 3 aliphatic rings. The monoisotopic (exact) mass is 441 g/mol. The van der Waals surface area contributed by atoms with E-state index in [0.717, 1.165) is 48.5 Å². The Balaban J connectivity index is 0.000000235. The van der Waals surface area contributed by atoms with E-state index in [1.54, 1.807) is 12.4 Å². The molecule has 1 saturated heterocycles. The predicted molar refractivity (Wildman–Crippen MR) is 127 cm³/mol. The number of allylic oxidation sites excluding steroid dienone is 1. The van der Waals surface area contributed by atoms with Gasteiger partial charge in [-0.15, -0.1) is 0 Å². The van der Waals surface area contributed by atoms with E-state index in [1.807, 2.05) is 18.7 Å². The molecule has 1 saturated carbocycles. The number of aliphatic imine (C=N–C) groups is 1. The largest absolute Gasteiger partial charge is 0.488 e. The molecule has 3 N–H and O–H groups in total. The number of hydrazone groups is 1. The smallest absolute Gasteiger partial charge is 0.233 e. The first-order valence-electron chi connectivity index (χ1n) is 11.0. The standard InChI is InChI=1S/C15H21NO2.C8H12N6.H2/c1-11-12(2)18-10-13(11)16-9-8-15(14(16)17)6-4-3-5-7-15;1-6(9)7-3-12-8(4-11-7)13-5-14-10-2;/h2-10H2,1H3;3-6H,2,9H2,1H3,(H,12,13,14);1H/t;6-;/m.0./s1. The average Bonchev–Trinajstić information content (AvgIpc) is 3.29. The molecule has 9 heteroatoms. The minimum Gasteiger partial charge on any atom is -0.488 e. The first-order chi connectivity index (χ1) is 15.4. The molecule has 174 valence electrons. The normalized spacial score (nSPS) is 20.9. The van der Waals surface area contributed by atoms with Crippen LogP contribution in [0.4, 0.5) is 5.82 Å². The van der Waals surface area contributed by atoms with Crippen LogP contribution < -0.4 is 11.2 Å². The van der Waals surface area contributed by atoms with Crippen LogP contribution in [0.3, 0.4) is 0 Å². The maximum atomic E-state index is 12.7. The van der Waals surface area contributed by atoms with Gasteiger partial charge in [0.1, 0.15) is 18.7 Å². The lowest BCUT2D eigenvalue weighted by Crippen LogP contribution is -2.36. The van der Waals surface area contributed by atoms with Crippen molar-refractivity contribution in [2.24, 2.45) is 21.2 Å². The van der Waals surface area contributed by atoms with Crippen molar-refractivity contribution in [3.8, 4) is 0 Å². The van der Waals surface area contributed by atoms with Gasteiger partial charge in [0.2, 0.25) is 5.91 Å². The number of carbonyl (C=O) groups is 1. The lowest BCUT2D eigenvalue weighted by Gasteiger charge is -2.31. The van der Waals surface area contributed by atoms with Crippen molar-refractivity contribution in [1.82, 2.24) is 20.3 Å². The van der Waals surface area contributed by atoms with Crippen LogP contribution in [0.15, 0.2) is 46.1 Å². The Kier molecular flexibility index (Phi) is 7.74. The minimum absolute atomic E-state index is 0. The fourth-order valence-corrected chi connectivity index (χ4v) is 4.35. The van der Waals surface area contributed by atoms with Crippen LogP contribution in [-0.4, -0.2) is 47.0 Å². The number of hydrogen-bond donors (Lipinski definition) is 2. The van der Waals surface area contributed by atoms with Crippen molar-refractivity contribution >= 4 is 24.8 Å². The van der Waals surface area contributed by atoms with Gasteiger partial charge in [0.25, 0.3) is 0 Å². The molecule has 1 aliphatic carbocycles. The second-order valence-corrected chi connectivity index (χ2v) is 8.46. The Bertz CT molecular complexity index is 906. The summed E-state index contributed by atoms with van der Waals surface area (Å²) in [6.07, 6.45) is 11.4. The molecule has 1 aromatic rings. The van der Waals surface area contributed by atoms with Gasteiger partial charge in [-0.05, 0) is 33.1 Å². The number of amides is 1. The molecule has 9 nitrogen and oxygen atoms in total. The summed E-state index contributed by atoms with van der Waals surface area (Å²) in [6.45, 7) is 12.3. The van der Waals surface area contributed by atoms with Gasteiger partial charge in [-0.25, -0.2) is 9.98 Å². The summed E-state index contributed by atoms with van der Waals surface area (Å²) >= 11 is 0. The van der Waals surface area contributed by atoms with Crippen LogP contribution >= 0.6 is 0 Å². The molecular formula is C23H35N7O2. The average molecular weight is 442 g/mol. The van der Waals surface area contributed by atoms with E-state index in [9.17, 15) is 4.79 Å². The van der Waals surface area contributed by atoms with Gasteiger partial charge in [-0.1, -0.05) is 25.8 Å². The molecule has 0 unspecified atom stereocenters. The highest BCUT2D eigenvalue weighted by atomic mass is 16.5. The van der Waals surface area contributed by atoms with Gasteiger partial charge >= 0.3 is 0 Å². The predicted octanol–water partition coefficient (Wildman–Crippen LogP) is 3.59. The van der Waals surface area contributed by atoms with E-state index >= 15 is 0 Å². The van der Waals surface area contributed by atoms with Gasteiger partial charge < -0.3 is 15.4 Å². The third kappa shape index (κ3) is 5.21. The molecular weight excluding hydrogens is 406 g/mol. The fraction of sp³-hybridized carbons (Fsp3) is 0.522. The Morgan fingerprint density at radius 1 is 1.31 bits per heavy atom. The van der Waals surface area contributed by atoms with Gasteiger partial charge in [-0.3, -0.25) is 15.2 Å². The van der Waals surface area contributed by atoms with Crippen LogP contribution in [0.2, 0.25) is 0 Å². The zero-order valence-corrected chi connectivity index (χ0v) is 19.0. The second-order valence-electron chi connectivity index (χ2n) is 8.46. The van der Waals surface area contributed by atoms with Crippen LogP contribution in [0, 0.1) is 5.41 Å². The van der Waals surface area contributed by atoms with E-state index in [1.165, 1.54) is 25.6 Å². The van der Waals surface area contributed by atoms with E-state index in [4.69, 9.17) is 10.5 Å². The Labute approximate surface area is 191 Å². The van der Waals surface area contributed by atoms with Crippen molar-refractivity contribution < 1.29 is 11.0 Å². The van der Waals surface area contributed by atoms with E-state index in [2.05, 4.69) is 38.8 Å². The number of nitrogens with two attached hydrogens (primary N) is 1. The van der Waals surface area contributed by atoms with E-state index < -0.39 is 0 Å². The first-order valence-corrected chi connectivity index (χ1v) is 11.0. The Hall–Kier alpha value is -3.07. The van der Waals surface area contributed by atoms with Crippen molar-refractivity contribution in [2.45, 2.75) is 58.4 Å². The molecule has 1 amide bonds. The van der Waals surface area contributed by atoms with Crippen molar-refractivity contribution in [3.63, 3.8) is 0 Å². The van der Waals surface area contributed by atoms with E-state index in [0.29, 0.717) is 18.3 Å². The maximum Gasteiger partial charge on any atom is 0.233 e. The highest BCUT2D eigenvalue weighted by Crippen LogP contribution is 2.46. The summed E-state index contributed by atoms with van der Waals surface area (Å²) in [5.41, 5.74) is 10.9. The highest BCUT2D eigenvalue weighted by Gasteiger charge is 2.48. The zero-order valence-electron chi connectivity index (χ0n) is 19.0. The summed E-state index contributed by atoms with van der Waals surface area (Å²) in [5, 5.41) is 3.38. The SMILES string of the molecule is C=C1OCC(N2CCC3(CCCCC3)C2=O)=C1C.C=NNC=Nc1cnc([C@H](C)N)cn1.[HH]. The third-order valence-electron chi connectivity index (χ3n) is 6.35. The number of likely N-dealkylation sites (tertiary alicyclic amines) is 1. The van der Waals surface area contributed by atoms with Crippen LogP contribution in [0.1, 0.15) is 65.5 Å². The molecule has 0 radical (unpaired) electrons. The summed E-state index contributed by atoms with van der Waals surface area (Å²) in [5.74, 6) is 1.56. The quantitative estimate of drug-likeness (QED) is 0.409. The molecule has 2 fully saturated rings. The maximum absolute atomic E-state index is 12.7. The second kappa shape index (κ2) is 10.5. The molecule has 0 aromatic carbocycles. The molecule has 1 atom stereocenters. The molecule has 2 aliphatic heterocycles. The summed E-state index contributed by atoms with van der Waals surface area (Å²) in [6, 6.07) is -0.117. The number of carbonyl (C=O) groups excluding carboxylic acids is 1. The summed E-state index contributed by atoms with van der Waals surface area (Å²) in [7, 11) is 0. The zero-order chi connectivity index (χ0) is 23.1. The van der Waals surface area contributed by atoms with Crippen LogP contribution in [0.25, 0.3) is 0 Å². The van der Waals surface area contributed by atoms with Gasteiger partial charge in [0.15, 0.2) is 5.82 Å². The topological polar surface area (TPSA) is 118 Å². The third-order valence-corrected chi connectivity index (χ3v) is 6.35. The Morgan fingerprint density at radius 3 is 2.62 bits per heavy atom.